The van der Waals surface area contributed by atoms with Crippen LogP contribution in [0.15, 0.2) is 18.2 Å². The first-order chi connectivity index (χ1) is 9.06. The van der Waals surface area contributed by atoms with Gasteiger partial charge in [-0.3, -0.25) is 4.79 Å². The number of carbonyl (C=O) groups is 1. The number of nitrogens with two attached hydrogens (primary N) is 1. The number of hydrogen-bond acceptors (Lipinski definition) is 3. The van der Waals surface area contributed by atoms with E-state index in [0.717, 1.165) is 31.5 Å². The minimum atomic E-state index is 0.0150. The van der Waals surface area contributed by atoms with E-state index in [2.05, 4.69) is 0 Å². The van der Waals surface area contributed by atoms with E-state index in [-0.39, 0.29) is 18.6 Å². The second-order valence-electron chi connectivity index (χ2n) is 4.92. The van der Waals surface area contributed by atoms with Gasteiger partial charge in [0.2, 0.25) is 0 Å². The molecular weight excluding hydrogens is 264 g/mol. The maximum atomic E-state index is 12.0. The van der Waals surface area contributed by atoms with Gasteiger partial charge in [-0.1, -0.05) is 11.6 Å². The Morgan fingerprint density at radius 2 is 2.16 bits per heavy atom. The molecule has 4 nitrogen and oxygen atoms in total. The van der Waals surface area contributed by atoms with Crippen LogP contribution in [0.4, 0.5) is 0 Å². The van der Waals surface area contributed by atoms with E-state index in [1.807, 2.05) is 17.9 Å². The highest BCUT2D eigenvalue weighted by Crippen LogP contribution is 2.21. The van der Waals surface area contributed by atoms with E-state index >= 15 is 0 Å². The van der Waals surface area contributed by atoms with E-state index in [1.165, 1.54) is 0 Å². The molecule has 1 saturated heterocycles. The molecule has 0 bridgehead atoms. The standard InChI is InChI=1S/C14H19ClN2O2/c1-10-8-11(15)2-3-13(10)19-9-14(18)17-6-4-12(16)5-7-17/h2-3,8,12H,4-7,9,16H2,1H3. The number of halogens is 1. The second kappa shape index (κ2) is 6.26. The number of piperidine rings is 1. The van der Waals surface area contributed by atoms with E-state index < -0.39 is 0 Å². The van der Waals surface area contributed by atoms with Crippen molar-refractivity contribution in [3.05, 3.63) is 28.8 Å². The van der Waals surface area contributed by atoms with Gasteiger partial charge < -0.3 is 15.4 Å². The molecule has 1 aromatic rings. The van der Waals surface area contributed by atoms with Crippen molar-refractivity contribution in [3.63, 3.8) is 0 Å². The molecule has 1 aliphatic heterocycles. The topological polar surface area (TPSA) is 55.6 Å². The van der Waals surface area contributed by atoms with Crippen LogP contribution in [0.3, 0.4) is 0 Å². The summed E-state index contributed by atoms with van der Waals surface area (Å²) >= 11 is 5.87. The number of amides is 1. The van der Waals surface area contributed by atoms with Crippen LogP contribution < -0.4 is 10.5 Å². The molecule has 1 aromatic carbocycles. The highest BCUT2D eigenvalue weighted by molar-refractivity contribution is 6.30. The summed E-state index contributed by atoms with van der Waals surface area (Å²) in [5.41, 5.74) is 6.75. The lowest BCUT2D eigenvalue weighted by atomic mass is 10.1. The van der Waals surface area contributed by atoms with Crippen molar-refractivity contribution in [1.29, 1.82) is 0 Å². The molecular formula is C14H19ClN2O2. The Bertz CT molecular complexity index is 457. The molecule has 0 saturated carbocycles. The fourth-order valence-corrected chi connectivity index (χ4v) is 2.38. The summed E-state index contributed by atoms with van der Waals surface area (Å²) in [7, 11) is 0. The smallest absolute Gasteiger partial charge is 0.260 e. The zero-order valence-electron chi connectivity index (χ0n) is 11.1. The zero-order valence-corrected chi connectivity index (χ0v) is 11.8. The number of ether oxygens (including phenoxy) is 1. The predicted octanol–water partition coefficient (Wildman–Crippen LogP) is 1.98. The maximum Gasteiger partial charge on any atom is 0.260 e. The van der Waals surface area contributed by atoms with Crippen LogP contribution in [0, 0.1) is 6.92 Å². The predicted molar refractivity (Wildman–Crippen MR) is 75.5 cm³/mol. The molecule has 104 valence electrons. The quantitative estimate of drug-likeness (QED) is 0.922. The first-order valence-corrected chi connectivity index (χ1v) is 6.86. The van der Waals surface area contributed by atoms with Gasteiger partial charge in [0.25, 0.3) is 5.91 Å². The largest absolute Gasteiger partial charge is 0.483 e. The van der Waals surface area contributed by atoms with E-state index in [0.29, 0.717) is 10.8 Å². The van der Waals surface area contributed by atoms with Gasteiger partial charge in [-0.2, -0.15) is 0 Å². The highest BCUT2D eigenvalue weighted by Gasteiger charge is 2.20. The summed E-state index contributed by atoms with van der Waals surface area (Å²) in [5.74, 6) is 0.715. The van der Waals surface area contributed by atoms with Gasteiger partial charge in [-0.25, -0.2) is 0 Å². The van der Waals surface area contributed by atoms with Crippen LogP contribution in [0.25, 0.3) is 0 Å². The number of carbonyl (C=O) groups excluding carboxylic acids is 1. The Kier molecular flexibility index (Phi) is 4.66. The Morgan fingerprint density at radius 3 is 2.79 bits per heavy atom. The van der Waals surface area contributed by atoms with E-state index in [4.69, 9.17) is 22.1 Å². The van der Waals surface area contributed by atoms with Gasteiger partial charge in [-0.05, 0) is 43.5 Å². The van der Waals surface area contributed by atoms with Gasteiger partial charge in [-0.15, -0.1) is 0 Å². The highest BCUT2D eigenvalue weighted by atomic mass is 35.5. The summed E-state index contributed by atoms with van der Waals surface area (Å²) in [5, 5.41) is 0.668. The average molecular weight is 283 g/mol. The van der Waals surface area contributed by atoms with Gasteiger partial charge >= 0.3 is 0 Å². The van der Waals surface area contributed by atoms with Crippen LogP contribution in [-0.4, -0.2) is 36.5 Å². The Morgan fingerprint density at radius 1 is 1.47 bits per heavy atom. The lowest BCUT2D eigenvalue weighted by molar-refractivity contribution is -0.134. The molecule has 1 fully saturated rings. The van der Waals surface area contributed by atoms with Crippen molar-refractivity contribution in [2.45, 2.75) is 25.8 Å². The van der Waals surface area contributed by atoms with Crippen LogP contribution in [0.2, 0.25) is 5.02 Å². The average Bonchev–Trinajstić information content (AvgIpc) is 2.38. The van der Waals surface area contributed by atoms with Crippen LogP contribution >= 0.6 is 11.6 Å². The molecule has 0 spiro atoms. The van der Waals surface area contributed by atoms with E-state index in [9.17, 15) is 4.79 Å². The molecule has 2 N–H and O–H groups in total. The third-order valence-corrected chi connectivity index (χ3v) is 3.62. The fraction of sp³-hybridized carbons (Fsp3) is 0.500. The second-order valence-corrected chi connectivity index (χ2v) is 5.35. The molecule has 0 unspecified atom stereocenters. The minimum Gasteiger partial charge on any atom is -0.483 e. The number of rotatable bonds is 3. The summed E-state index contributed by atoms with van der Waals surface area (Å²) in [6.07, 6.45) is 1.73. The molecule has 1 amide bonds. The van der Waals surface area contributed by atoms with Gasteiger partial charge in [0.05, 0.1) is 0 Å². The van der Waals surface area contributed by atoms with Crippen LogP contribution in [0.1, 0.15) is 18.4 Å². The number of hydrogen-bond donors (Lipinski definition) is 1. The first-order valence-electron chi connectivity index (χ1n) is 6.48. The fourth-order valence-electron chi connectivity index (χ4n) is 2.15. The normalized spacial score (nSPS) is 16.5. The Hall–Kier alpha value is -1.26. The van der Waals surface area contributed by atoms with Crippen molar-refractivity contribution in [2.24, 2.45) is 5.73 Å². The van der Waals surface area contributed by atoms with Crippen LogP contribution in [-0.2, 0) is 4.79 Å². The zero-order chi connectivity index (χ0) is 13.8. The monoisotopic (exact) mass is 282 g/mol. The van der Waals surface area contributed by atoms with Crippen molar-refractivity contribution in [2.75, 3.05) is 19.7 Å². The van der Waals surface area contributed by atoms with Gasteiger partial charge in [0.1, 0.15) is 5.75 Å². The number of likely N-dealkylation sites (tertiary alicyclic amines) is 1. The third kappa shape index (κ3) is 3.85. The molecule has 1 aliphatic rings. The number of nitrogens with zero attached hydrogens (tertiary/aromatic N) is 1. The van der Waals surface area contributed by atoms with Gasteiger partial charge in [0.15, 0.2) is 6.61 Å². The lowest BCUT2D eigenvalue weighted by Gasteiger charge is -2.30. The third-order valence-electron chi connectivity index (χ3n) is 3.38. The Labute approximate surface area is 118 Å². The molecule has 19 heavy (non-hydrogen) atoms. The molecule has 5 heteroatoms. The summed E-state index contributed by atoms with van der Waals surface area (Å²) in [6, 6.07) is 5.59. The molecule has 0 radical (unpaired) electrons. The molecule has 2 rings (SSSR count). The lowest BCUT2D eigenvalue weighted by Crippen LogP contribution is -2.44. The number of aryl methyl sites for hydroxylation is 1. The van der Waals surface area contributed by atoms with Crippen molar-refractivity contribution >= 4 is 17.5 Å². The van der Waals surface area contributed by atoms with Crippen molar-refractivity contribution in [1.82, 2.24) is 4.90 Å². The molecule has 0 atom stereocenters. The minimum absolute atomic E-state index is 0.0150. The van der Waals surface area contributed by atoms with Crippen LogP contribution in [0.5, 0.6) is 5.75 Å². The molecule has 0 aliphatic carbocycles. The van der Waals surface area contributed by atoms with Gasteiger partial charge in [0, 0.05) is 24.2 Å². The van der Waals surface area contributed by atoms with Crippen molar-refractivity contribution < 1.29 is 9.53 Å². The number of benzene rings is 1. The van der Waals surface area contributed by atoms with Crippen molar-refractivity contribution in [3.8, 4) is 5.75 Å². The maximum absolute atomic E-state index is 12.0. The summed E-state index contributed by atoms with van der Waals surface area (Å²) in [6.45, 7) is 3.43. The Balaban J connectivity index is 1.86. The summed E-state index contributed by atoms with van der Waals surface area (Å²) in [4.78, 5) is 13.8. The van der Waals surface area contributed by atoms with E-state index in [1.54, 1.807) is 12.1 Å². The first kappa shape index (κ1) is 14.2. The SMILES string of the molecule is Cc1cc(Cl)ccc1OCC(=O)N1CCC(N)CC1. The molecule has 1 heterocycles. The summed E-state index contributed by atoms with van der Waals surface area (Å²) < 4.78 is 5.55. The molecule has 0 aromatic heterocycles.